The van der Waals surface area contributed by atoms with Gasteiger partial charge in [0, 0.05) is 13.1 Å². The Balaban J connectivity index is 1.42. The number of hydrogen-bond acceptors (Lipinski definition) is 4. The lowest BCUT2D eigenvalue weighted by molar-refractivity contribution is -0.132. The van der Waals surface area contributed by atoms with Crippen LogP contribution < -0.4 is 5.32 Å². The van der Waals surface area contributed by atoms with E-state index in [1.54, 1.807) is 16.7 Å². The molecule has 0 atom stereocenters. The van der Waals surface area contributed by atoms with Crippen molar-refractivity contribution in [3.8, 4) is 0 Å². The Labute approximate surface area is 141 Å². The van der Waals surface area contributed by atoms with Crippen molar-refractivity contribution in [1.82, 2.24) is 15.1 Å². The maximum Gasteiger partial charge on any atom is 0.239 e. The fourth-order valence-electron chi connectivity index (χ4n) is 2.93. The van der Waals surface area contributed by atoms with E-state index in [4.69, 9.17) is 0 Å². The highest BCUT2D eigenvalue weighted by Crippen LogP contribution is 2.15. The SMILES string of the molecule is O=C(CN1CSCC1=O)NCc1ccc(CN2CCCC2)cc1. The van der Waals surface area contributed by atoms with Crippen molar-refractivity contribution in [2.45, 2.75) is 25.9 Å². The highest BCUT2D eigenvalue weighted by Gasteiger charge is 2.22. The Bertz CT molecular complexity index is 555. The summed E-state index contributed by atoms with van der Waals surface area (Å²) in [6.07, 6.45) is 2.62. The first-order valence-corrected chi connectivity index (χ1v) is 9.28. The number of rotatable bonds is 6. The molecule has 0 aliphatic carbocycles. The van der Waals surface area contributed by atoms with Gasteiger partial charge >= 0.3 is 0 Å². The minimum atomic E-state index is -0.0954. The molecule has 0 spiro atoms. The van der Waals surface area contributed by atoms with E-state index < -0.39 is 0 Å². The molecule has 2 fully saturated rings. The van der Waals surface area contributed by atoms with Crippen LogP contribution in [0.4, 0.5) is 0 Å². The molecular formula is C17H23N3O2S. The van der Waals surface area contributed by atoms with E-state index in [-0.39, 0.29) is 18.4 Å². The Morgan fingerprint density at radius 1 is 1.13 bits per heavy atom. The number of amides is 2. The summed E-state index contributed by atoms with van der Waals surface area (Å²) in [5.41, 5.74) is 2.41. The molecule has 0 unspecified atom stereocenters. The zero-order valence-corrected chi connectivity index (χ0v) is 14.1. The van der Waals surface area contributed by atoms with Crippen LogP contribution in [0.25, 0.3) is 0 Å². The van der Waals surface area contributed by atoms with Crippen molar-refractivity contribution in [2.75, 3.05) is 31.3 Å². The molecular weight excluding hydrogens is 310 g/mol. The average molecular weight is 333 g/mol. The van der Waals surface area contributed by atoms with E-state index in [0.29, 0.717) is 18.2 Å². The Kier molecular flexibility index (Phi) is 5.56. The predicted octanol–water partition coefficient (Wildman–Crippen LogP) is 1.43. The number of thioether (sulfide) groups is 1. The third-order valence-electron chi connectivity index (χ3n) is 4.28. The van der Waals surface area contributed by atoms with Gasteiger partial charge in [-0.2, -0.15) is 0 Å². The molecule has 2 amide bonds. The number of likely N-dealkylation sites (tertiary alicyclic amines) is 1. The lowest BCUT2D eigenvalue weighted by atomic mass is 10.1. The molecule has 1 aromatic rings. The van der Waals surface area contributed by atoms with Crippen LogP contribution in [-0.2, 0) is 22.7 Å². The number of nitrogens with one attached hydrogen (secondary N) is 1. The molecule has 2 aliphatic heterocycles. The largest absolute Gasteiger partial charge is 0.350 e. The Morgan fingerprint density at radius 2 is 1.83 bits per heavy atom. The fraction of sp³-hybridized carbons (Fsp3) is 0.529. The highest BCUT2D eigenvalue weighted by molar-refractivity contribution is 8.00. The first kappa shape index (κ1) is 16.3. The normalized spacial score (nSPS) is 18.6. The topological polar surface area (TPSA) is 52.7 Å². The average Bonchev–Trinajstić information content (AvgIpc) is 3.19. The Morgan fingerprint density at radius 3 is 2.48 bits per heavy atom. The molecule has 0 radical (unpaired) electrons. The van der Waals surface area contributed by atoms with Gasteiger partial charge in [0.2, 0.25) is 11.8 Å². The van der Waals surface area contributed by atoms with Crippen molar-refractivity contribution in [3.63, 3.8) is 0 Å². The maximum atomic E-state index is 11.9. The van der Waals surface area contributed by atoms with E-state index >= 15 is 0 Å². The van der Waals surface area contributed by atoms with E-state index in [9.17, 15) is 9.59 Å². The zero-order chi connectivity index (χ0) is 16.1. The standard InChI is InChI=1S/C17H23N3O2S/c21-16(11-20-13-23-12-17(20)22)18-9-14-3-5-15(6-4-14)10-19-7-1-2-8-19/h3-6H,1-2,7-13H2,(H,18,21). The van der Waals surface area contributed by atoms with E-state index in [1.807, 2.05) is 0 Å². The smallest absolute Gasteiger partial charge is 0.239 e. The van der Waals surface area contributed by atoms with Crippen molar-refractivity contribution in [2.24, 2.45) is 0 Å². The number of hydrogen-bond donors (Lipinski definition) is 1. The summed E-state index contributed by atoms with van der Waals surface area (Å²) in [4.78, 5) is 27.4. The van der Waals surface area contributed by atoms with Crippen LogP contribution in [0.2, 0.25) is 0 Å². The highest BCUT2D eigenvalue weighted by atomic mass is 32.2. The van der Waals surface area contributed by atoms with Gasteiger partial charge in [-0.15, -0.1) is 11.8 Å². The number of carbonyl (C=O) groups excluding carboxylic acids is 2. The van der Waals surface area contributed by atoms with Crippen LogP contribution in [0.15, 0.2) is 24.3 Å². The maximum absolute atomic E-state index is 11.9. The van der Waals surface area contributed by atoms with Gasteiger partial charge in [0.05, 0.1) is 11.6 Å². The summed E-state index contributed by atoms with van der Waals surface area (Å²) in [6.45, 7) is 4.09. The molecule has 23 heavy (non-hydrogen) atoms. The summed E-state index contributed by atoms with van der Waals surface area (Å²) in [5.74, 6) is 1.07. The van der Waals surface area contributed by atoms with Gasteiger partial charge in [0.1, 0.15) is 6.54 Å². The molecule has 3 rings (SSSR count). The lowest BCUT2D eigenvalue weighted by Gasteiger charge is -2.15. The van der Waals surface area contributed by atoms with Crippen molar-refractivity contribution in [1.29, 1.82) is 0 Å². The lowest BCUT2D eigenvalue weighted by Crippen LogP contribution is -2.37. The second kappa shape index (κ2) is 7.84. The summed E-state index contributed by atoms with van der Waals surface area (Å²) in [7, 11) is 0. The van der Waals surface area contributed by atoms with Crippen LogP contribution in [0, 0.1) is 0 Å². The van der Waals surface area contributed by atoms with E-state index in [0.717, 1.165) is 12.1 Å². The van der Waals surface area contributed by atoms with Crippen LogP contribution in [-0.4, -0.2) is 52.9 Å². The molecule has 2 aliphatic rings. The van der Waals surface area contributed by atoms with Gasteiger partial charge in [-0.3, -0.25) is 14.5 Å². The van der Waals surface area contributed by atoms with E-state index in [2.05, 4.69) is 34.5 Å². The van der Waals surface area contributed by atoms with Gasteiger partial charge < -0.3 is 10.2 Å². The van der Waals surface area contributed by atoms with Crippen LogP contribution in [0.5, 0.6) is 0 Å². The molecule has 0 aromatic heterocycles. The van der Waals surface area contributed by atoms with Crippen molar-refractivity contribution >= 4 is 23.6 Å². The van der Waals surface area contributed by atoms with Crippen molar-refractivity contribution in [3.05, 3.63) is 35.4 Å². The number of benzene rings is 1. The third-order valence-corrected chi connectivity index (χ3v) is 5.22. The molecule has 0 saturated carbocycles. The predicted molar refractivity (Wildman–Crippen MR) is 91.8 cm³/mol. The molecule has 1 aromatic carbocycles. The minimum Gasteiger partial charge on any atom is -0.350 e. The number of nitrogens with zero attached hydrogens (tertiary/aromatic N) is 2. The monoisotopic (exact) mass is 333 g/mol. The molecule has 6 heteroatoms. The quantitative estimate of drug-likeness (QED) is 0.856. The minimum absolute atomic E-state index is 0.0522. The molecule has 1 N–H and O–H groups in total. The molecule has 2 saturated heterocycles. The van der Waals surface area contributed by atoms with Crippen LogP contribution in [0.1, 0.15) is 24.0 Å². The van der Waals surface area contributed by atoms with Crippen LogP contribution >= 0.6 is 11.8 Å². The number of carbonyl (C=O) groups is 2. The first-order valence-electron chi connectivity index (χ1n) is 8.13. The first-order chi connectivity index (χ1) is 11.2. The third kappa shape index (κ3) is 4.72. The van der Waals surface area contributed by atoms with Gasteiger partial charge in [-0.05, 0) is 37.1 Å². The fourth-order valence-corrected chi connectivity index (χ4v) is 3.84. The van der Waals surface area contributed by atoms with E-state index in [1.165, 1.54) is 31.5 Å². The second-order valence-corrected chi connectivity index (χ2v) is 7.10. The molecule has 0 bridgehead atoms. The summed E-state index contributed by atoms with van der Waals surface area (Å²) < 4.78 is 0. The second-order valence-electron chi connectivity index (χ2n) is 6.15. The summed E-state index contributed by atoms with van der Waals surface area (Å²) in [6, 6.07) is 8.42. The Hall–Kier alpha value is -1.53. The van der Waals surface area contributed by atoms with Gasteiger partial charge in [-0.25, -0.2) is 0 Å². The van der Waals surface area contributed by atoms with Gasteiger partial charge in [-0.1, -0.05) is 24.3 Å². The summed E-state index contributed by atoms with van der Waals surface area (Å²) >= 11 is 1.55. The molecule has 2 heterocycles. The molecule has 124 valence electrons. The van der Waals surface area contributed by atoms with Crippen molar-refractivity contribution < 1.29 is 9.59 Å². The van der Waals surface area contributed by atoms with Gasteiger partial charge in [0.25, 0.3) is 0 Å². The summed E-state index contributed by atoms with van der Waals surface area (Å²) in [5, 5.41) is 2.89. The van der Waals surface area contributed by atoms with Gasteiger partial charge in [0.15, 0.2) is 0 Å². The zero-order valence-electron chi connectivity index (χ0n) is 13.3. The van der Waals surface area contributed by atoms with Crippen LogP contribution in [0.3, 0.4) is 0 Å². The molecule has 5 nitrogen and oxygen atoms in total.